The lowest BCUT2D eigenvalue weighted by Gasteiger charge is -2.06. The van der Waals surface area contributed by atoms with Crippen LogP contribution in [0.15, 0.2) is 65.4 Å². The van der Waals surface area contributed by atoms with Crippen LogP contribution in [0.4, 0.5) is 5.00 Å². The fourth-order valence-corrected chi connectivity index (χ4v) is 5.32. The van der Waals surface area contributed by atoms with Crippen molar-refractivity contribution in [3.8, 4) is 21.6 Å². The molecule has 3 heterocycles. The number of carbonyl (C=O) groups is 1. The number of hydrogen-bond donors (Lipinski definition) is 1. The highest BCUT2D eigenvalue weighted by Crippen LogP contribution is 2.47. The van der Waals surface area contributed by atoms with Crippen molar-refractivity contribution in [2.45, 2.75) is 0 Å². The maximum atomic E-state index is 13.0. The molecule has 0 fully saturated rings. The molecular weight excluding hydrogens is 354 g/mol. The van der Waals surface area contributed by atoms with Gasteiger partial charge in [0.05, 0.1) is 14.8 Å². The van der Waals surface area contributed by atoms with Gasteiger partial charge in [-0.3, -0.25) is 4.79 Å². The fourth-order valence-electron chi connectivity index (χ4n) is 2.68. The molecule has 4 rings (SSSR count). The molecule has 0 spiro atoms. The quantitative estimate of drug-likeness (QED) is 0.448. The third-order valence-corrected chi connectivity index (χ3v) is 6.49. The molecule has 24 heavy (non-hydrogen) atoms. The topological polar surface area (TPSA) is 43.1 Å². The first-order valence-electron chi connectivity index (χ1n) is 7.35. The van der Waals surface area contributed by atoms with Gasteiger partial charge in [0.25, 0.3) is 0 Å². The lowest BCUT2D eigenvalue weighted by molar-refractivity contribution is 0.104. The summed E-state index contributed by atoms with van der Waals surface area (Å²) in [5.74, 6) is 0.0484. The van der Waals surface area contributed by atoms with Crippen LogP contribution in [-0.2, 0) is 0 Å². The molecule has 0 saturated heterocycles. The zero-order valence-corrected chi connectivity index (χ0v) is 15.0. The Morgan fingerprint density at radius 1 is 0.833 bits per heavy atom. The molecular formula is C19H13NOS3. The first kappa shape index (κ1) is 15.3. The van der Waals surface area contributed by atoms with Gasteiger partial charge in [-0.15, -0.1) is 34.0 Å². The summed E-state index contributed by atoms with van der Waals surface area (Å²) in [7, 11) is 0. The number of ketones is 1. The van der Waals surface area contributed by atoms with Crippen LogP contribution in [-0.4, -0.2) is 5.78 Å². The van der Waals surface area contributed by atoms with Crippen LogP contribution in [0.25, 0.3) is 21.6 Å². The maximum absolute atomic E-state index is 13.0. The summed E-state index contributed by atoms with van der Waals surface area (Å²) in [5, 5.41) is 4.63. The molecule has 0 unspecified atom stereocenters. The third kappa shape index (κ3) is 2.60. The second kappa shape index (κ2) is 6.36. The van der Waals surface area contributed by atoms with Gasteiger partial charge in [0.1, 0.15) is 0 Å². The monoisotopic (exact) mass is 367 g/mol. The average molecular weight is 368 g/mol. The van der Waals surface area contributed by atoms with Crippen molar-refractivity contribution in [3.63, 3.8) is 0 Å². The summed E-state index contributed by atoms with van der Waals surface area (Å²) in [4.78, 5) is 15.5. The predicted molar refractivity (Wildman–Crippen MR) is 105 cm³/mol. The number of nitrogen functional groups attached to an aromatic ring is 1. The van der Waals surface area contributed by atoms with E-state index in [1.165, 1.54) is 22.7 Å². The molecule has 0 aliphatic rings. The van der Waals surface area contributed by atoms with Crippen LogP contribution in [0.5, 0.6) is 0 Å². The first-order valence-corrected chi connectivity index (χ1v) is 9.93. The number of nitrogens with two attached hydrogens (primary N) is 1. The summed E-state index contributed by atoms with van der Waals surface area (Å²) >= 11 is 4.47. The molecule has 5 heteroatoms. The van der Waals surface area contributed by atoms with Gasteiger partial charge in [-0.25, -0.2) is 0 Å². The van der Waals surface area contributed by atoms with E-state index >= 15 is 0 Å². The molecule has 0 aliphatic heterocycles. The number of anilines is 1. The highest BCUT2D eigenvalue weighted by atomic mass is 32.1. The minimum Gasteiger partial charge on any atom is -0.390 e. The molecule has 0 saturated carbocycles. The van der Waals surface area contributed by atoms with Crippen LogP contribution in [0, 0.1) is 0 Å². The van der Waals surface area contributed by atoms with E-state index in [0.29, 0.717) is 5.00 Å². The Kier molecular flexibility index (Phi) is 4.06. The summed E-state index contributed by atoms with van der Waals surface area (Å²) in [6.07, 6.45) is 0. The van der Waals surface area contributed by atoms with Gasteiger partial charge in [0.15, 0.2) is 0 Å². The minimum absolute atomic E-state index is 0.0484. The van der Waals surface area contributed by atoms with Crippen LogP contribution in [0.1, 0.15) is 14.5 Å². The van der Waals surface area contributed by atoms with Crippen molar-refractivity contribution in [2.24, 2.45) is 0 Å². The third-order valence-electron chi connectivity index (χ3n) is 3.72. The normalized spacial score (nSPS) is 10.8. The van der Waals surface area contributed by atoms with E-state index in [1.54, 1.807) is 11.3 Å². The van der Waals surface area contributed by atoms with Gasteiger partial charge < -0.3 is 5.73 Å². The van der Waals surface area contributed by atoms with Gasteiger partial charge in [-0.1, -0.05) is 42.5 Å². The van der Waals surface area contributed by atoms with Gasteiger partial charge in [0.2, 0.25) is 5.78 Å². The second-order valence-electron chi connectivity index (χ2n) is 5.20. The van der Waals surface area contributed by atoms with Gasteiger partial charge in [0, 0.05) is 16.0 Å². The zero-order valence-electron chi connectivity index (χ0n) is 12.6. The number of thiophene rings is 3. The Hall–Kier alpha value is -2.21. The largest absolute Gasteiger partial charge is 0.390 e. The van der Waals surface area contributed by atoms with E-state index in [1.807, 2.05) is 65.4 Å². The lowest BCUT2D eigenvalue weighted by atomic mass is 9.99. The van der Waals surface area contributed by atoms with Crippen molar-refractivity contribution < 1.29 is 4.79 Å². The maximum Gasteiger partial charge on any atom is 0.213 e. The number of hydrogen-bond acceptors (Lipinski definition) is 5. The van der Waals surface area contributed by atoms with Crippen molar-refractivity contribution in [3.05, 3.63) is 75.1 Å². The molecule has 118 valence electrons. The van der Waals surface area contributed by atoms with Crippen LogP contribution >= 0.6 is 34.0 Å². The van der Waals surface area contributed by atoms with Crippen molar-refractivity contribution in [1.82, 2.24) is 0 Å². The molecule has 0 aliphatic carbocycles. The van der Waals surface area contributed by atoms with E-state index in [0.717, 1.165) is 31.3 Å². The summed E-state index contributed by atoms with van der Waals surface area (Å²) in [6, 6.07) is 17.8. The van der Waals surface area contributed by atoms with Crippen LogP contribution < -0.4 is 5.73 Å². The molecule has 2 N–H and O–H groups in total. The van der Waals surface area contributed by atoms with E-state index in [-0.39, 0.29) is 5.78 Å². The molecule has 0 radical (unpaired) electrons. The molecule has 0 atom stereocenters. The van der Waals surface area contributed by atoms with Gasteiger partial charge >= 0.3 is 0 Å². The summed E-state index contributed by atoms with van der Waals surface area (Å²) < 4.78 is 0. The number of carbonyl (C=O) groups excluding carboxylic acids is 1. The summed E-state index contributed by atoms with van der Waals surface area (Å²) in [6.45, 7) is 0. The van der Waals surface area contributed by atoms with Gasteiger partial charge in [-0.05, 0) is 28.5 Å². The molecule has 0 bridgehead atoms. The Bertz CT molecular complexity index is 967. The standard InChI is InChI=1S/C19H13NOS3/c20-19-15(12-6-2-1-3-7-12)16(13-8-4-10-22-13)18(24-19)17(21)14-9-5-11-23-14/h1-11H,20H2. The fraction of sp³-hybridized carbons (Fsp3) is 0. The van der Waals surface area contributed by atoms with Crippen LogP contribution in [0.2, 0.25) is 0 Å². The summed E-state index contributed by atoms with van der Waals surface area (Å²) in [5.41, 5.74) is 9.30. The molecule has 1 aromatic carbocycles. The second-order valence-corrected chi connectivity index (χ2v) is 8.14. The minimum atomic E-state index is 0.0484. The first-order chi connectivity index (χ1) is 11.8. The molecule has 4 aromatic rings. The SMILES string of the molecule is Nc1sc(C(=O)c2cccs2)c(-c2cccs2)c1-c1ccccc1. The van der Waals surface area contributed by atoms with Gasteiger partial charge in [-0.2, -0.15) is 0 Å². The molecule has 0 amide bonds. The van der Waals surface area contributed by atoms with E-state index in [4.69, 9.17) is 5.73 Å². The van der Waals surface area contributed by atoms with E-state index in [2.05, 4.69) is 0 Å². The molecule has 3 aromatic heterocycles. The Morgan fingerprint density at radius 2 is 1.58 bits per heavy atom. The Balaban J connectivity index is 1.97. The number of rotatable bonds is 4. The van der Waals surface area contributed by atoms with Crippen LogP contribution in [0.3, 0.4) is 0 Å². The predicted octanol–water partition coefficient (Wildman–Crippen LogP) is 6.02. The Labute approximate surface area is 151 Å². The van der Waals surface area contributed by atoms with E-state index < -0.39 is 0 Å². The van der Waals surface area contributed by atoms with Crippen molar-refractivity contribution >= 4 is 44.8 Å². The molecule has 2 nitrogen and oxygen atoms in total. The lowest BCUT2D eigenvalue weighted by Crippen LogP contribution is -1.97. The van der Waals surface area contributed by atoms with Crippen molar-refractivity contribution in [2.75, 3.05) is 5.73 Å². The zero-order chi connectivity index (χ0) is 16.5. The average Bonchev–Trinajstić information content (AvgIpc) is 3.35. The van der Waals surface area contributed by atoms with E-state index in [9.17, 15) is 4.79 Å². The smallest absolute Gasteiger partial charge is 0.213 e. The Morgan fingerprint density at radius 3 is 2.25 bits per heavy atom. The highest BCUT2D eigenvalue weighted by molar-refractivity contribution is 7.21. The number of benzene rings is 1. The van der Waals surface area contributed by atoms with Crippen molar-refractivity contribution in [1.29, 1.82) is 0 Å². The highest BCUT2D eigenvalue weighted by Gasteiger charge is 2.25.